The molecule has 0 aliphatic carbocycles. The Bertz CT molecular complexity index is 1280. The van der Waals surface area contributed by atoms with Gasteiger partial charge in [0, 0.05) is 11.3 Å². The minimum atomic E-state index is -0.420. The normalized spacial score (nSPS) is 10.5. The number of benzene rings is 3. The van der Waals surface area contributed by atoms with Crippen LogP contribution in [0.5, 0.6) is 23.0 Å². The standard InChI is InChI=1S/C27H26IN3O6/c1-4-12-36-22-11-10-19(15-23(22)34-2)27(33)31-29-16-18-13-21(28)26(24(14-18)35-3)37-17-25(32)30-20-8-6-5-7-9-20/h4-11,13-16H,1,12,17H2,2-3H3,(H,30,32)(H,31,33)/b29-16+. The van der Waals surface area contributed by atoms with Crippen molar-refractivity contribution in [1.82, 2.24) is 5.43 Å². The van der Waals surface area contributed by atoms with Crippen LogP contribution in [0.25, 0.3) is 0 Å². The second-order valence-electron chi connectivity index (χ2n) is 7.40. The summed E-state index contributed by atoms with van der Waals surface area (Å²) >= 11 is 2.08. The maximum atomic E-state index is 12.5. The molecule has 2 amide bonds. The van der Waals surface area contributed by atoms with Gasteiger partial charge >= 0.3 is 0 Å². The van der Waals surface area contributed by atoms with Crippen LogP contribution in [0.3, 0.4) is 0 Å². The molecule has 0 saturated carbocycles. The Kier molecular flexibility index (Phi) is 10.3. The average molecular weight is 615 g/mol. The third kappa shape index (κ3) is 7.97. The van der Waals surface area contributed by atoms with E-state index < -0.39 is 5.91 Å². The predicted molar refractivity (Wildman–Crippen MR) is 150 cm³/mol. The van der Waals surface area contributed by atoms with Crippen LogP contribution >= 0.6 is 22.6 Å². The molecule has 0 spiro atoms. The monoisotopic (exact) mass is 615 g/mol. The number of carbonyl (C=O) groups is 2. The highest BCUT2D eigenvalue weighted by Crippen LogP contribution is 2.33. The number of hydrazone groups is 1. The summed E-state index contributed by atoms with van der Waals surface area (Å²) in [4.78, 5) is 24.8. The van der Waals surface area contributed by atoms with E-state index in [1.165, 1.54) is 20.4 Å². The number of para-hydroxylation sites is 1. The molecule has 2 N–H and O–H groups in total. The molecule has 0 aliphatic heterocycles. The van der Waals surface area contributed by atoms with Gasteiger partial charge in [0.2, 0.25) is 0 Å². The number of rotatable bonds is 12. The first-order valence-corrected chi connectivity index (χ1v) is 12.1. The minimum Gasteiger partial charge on any atom is -0.493 e. The molecule has 0 aromatic heterocycles. The van der Waals surface area contributed by atoms with Crippen molar-refractivity contribution < 1.29 is 28.5 Å². The van der Waals surface area contributed by atoms with Gasteiger partial charge in [-0.1, -0.05) is 30.9 Å². The zero-order chi connectivity index (χ0) is 26.6. The summed E-state index contributed by atoms with van der Waals surface area (Å²) in [5.74, 6) is 1.06. The molecule has 0 fully saturated rings. The summed E-state index contributed by atoms with van der Waals surface area (Å²) in [7, 11) is 2.99. The molecule has 0 saturated heterocycles. The molecule has 3 rings (SSSR count). The highest BCUT2D eigenvalue weighted by molar-refractivity contribution is 14.1. The van der Waals surface area contributed by atoms with Gasteiger partial charge < -0.3 is 24.3 Å². The Morgan fingerprint density at radius 3 is 2.43 bits per heavy atom. The summed E-state index contributed by atoms with van der Waals surface area (Å²) in [5.41, 5.74) is 4.18. The Morgan fingerprint density at radius 2 is 1.73 bits per heavy atom. The Hall–Kier alpha value is -4.06. The van der Waals surface area contributed by atoms with Crippen LogP contribution in [0.15, 0.2) is 78.4 Å². The molecule has 9 nitrogen and oxygen atoms in total. The van der Waals surface area contributed by atoms with Crippen LogP contribution in [0.2, 0.25) is 0 Å². The van der Waals surface area contributed by atoms with Gasteiger partial charge in [-0.2, -0.15) is 5.10 Å². The fourth-order valence-corrected chi connectivity index (χ4v) is 3.90. The van der Waals surface area contributed by atoms with E-state index in [1.54, 1.807) is 48.5 Å². The molecule has 0 radical (unpaired) electrons. The Labute approximate surface area is 228 Å². The predicted octanol–water partition coefficient (Wildman–Crippen LogP) is 4.65. The smallest absolute Gasteiger partial charge is 0.271 e. The average Bonchev–Trinajstić information content (AvgIpc) is 2.91. The van der Waals surface area contributed by atoms with E-state index in [0.29, 0.717) is 50.0 Å². The van der Waals surface area contributed by atoms with E-state index in [-0.39, 0.29) is 12.5 Å². The van der Waals surface area contributed by atoms with Crippen molar-refractivity contribution in [1.29, 1.82) is 0 Å². The molecule has 37 heavy (non-hydrogen) atoms. The SMILES string of the molecule is C=CCOc1ccc(C(=O)N/N=C/c2cc(I)c(OCC(=O)Nc3ccccc3)c(OC)c2)cc1OC. The fourth-order valence-electron chi connectivity index (χ4n) is 3.12. The number of nitrogens with zero attached hydrogens (tertiary/aromatic N) is 1. The van der Waals surface area contributed by atoms with Gasteiger partial charge in [-0.15, -0.1) is 0 Å². The van der Waals surface area contributed by atoms with Gasteiger partial charge in [-0.3, -0.25) is 9.59 Å². The Morgan fingerprint density at radius 1 is 0.973 bits per heavy atom. The van der Waals surface area contributed by atoms with Crippen LogP contribution < -0.4 is 29.7 Å². The molecule has 0 unspecified atom stereocenters. The lowest BCUT2D eigenvalue weighted by molar-refractivity contribution is -0.118. The van der Waals surface area contributed by atoms with Gasteiger partial charge in [0.05, 0.1) is 24.0 Å². The summed E-state index contributed by atoms with van der Waals surface area (Å²) < 4.78 is 22.7. The highest BCUT2D eigenvalue weighted by atomic mass is 127. The fraction of sp³-hybridized carbons (Fsp3) is 0.148. The van der Waals surface area contributed by atoms with Crippen LogP contribution in [-0.2, 0) is 4.79 Å². The summed E-state index contributed by atoms with van der Waals surface area (Å²) in [6.45, 7) is 3.74. The lowest BCUT2D eigenvalue weighted by Crippen LogP contribution is -2.20. The third-order valence-corrected chi connectivity index (χ3v) is 5.62. The molecule has 10 heteroatoms. The van der Waals surface area contributed by atoms with Crippen molar-refractivity contribution in [3.63, 3.8) is 0 Å². The number of nitrogens with one attached hydrogen (secondary N) is 2. The maximum absolute atomic E-state index is 12.5. The summed E-state index contributed by atoms with van der Waals surface area (Å²) in [6, 6.07) is 17.4. The summed E-state index contributed by atoms with van der Waals surface area (Å²) in [5, 5.41) is 6.80. The Balaban J connectivity index is 1.63. The van der Waals surface area contributed by atoms with E-state index >= 15 is 0 Å². The van der Waals surface area contributed by atoms with Gasteiger partial charge in [0.1, 0.15) is 6.61 Å². The molecule has 0 bridgehead atoms. The molecule has 0 aliphatic rings. The zero-order valence-electron chi connectivity index (χ0n) is 20.3. The van der Waals surface area contributed by atoms with Crippen molar-refractivity contribution in [2.24, 2.45) is 5.10 Å². The van der Waals surface area contributed by atoms with Crippen molar-refractivity contribution in [2.45, 2.75) is 0 Å². The van der Waals surface area contributed by atoms with Crippen LogP contribution in [0, 0.1) is 3.57 Å². The number of halogens is 1. The topological polar surface area (TPSA) is 107 Å². The number of hydrogen-bond acceptors (Lipinski definition) is 7. The van der Waals surface area contributed by atoms with Gasteiger partial charge in [-0.05, 0) is 70.6 Å². The third-order valence-electron chi connectivity index (χ3n) is 4.82. The molecule has 192 valence electrons. The maximum Gasteiger partial charge on any atom is 0.271 e. The minimum absolute atomic E-state index is 0.189. The van der Waals surface area contributed by atoms with Crippen LogP contribution in [0.1, 0.15) is 15.9 Å². The highest BCUT2D eigenvalue weighted by Gasteiger charge is 2.14. The number of amides is 2. The van der Waals surface area contributed by atoms with Crippen molar-refractivity contribution >= 4 is 46.3 Å². The molecule has 3 aromatic carbocycles. The van der Waals surface area contributed by atoms with E-state index in [4.69, 9.17) is 18.9 Å². The molecule has 3 aromatic rings. The number of carbonyl (C=O) groups excluding carboxylic acids is 2. The first-order valence-electron chi connectivity index (χ1n) is 11.1. The number of anilines is 1. The number of ether oxygens (including phenoxy) is 4. The van der Waals surface area contributed by atoms with Crippen LogP contribution in [0.4, 0.5) is 5.69 Å². The molecular formula is C27H26IN3O6. The molecule has 0 atom stereocenters. The van der Waals surface area contributed by atoms with E-state index in [0.717, 1.165) is 0 Å². The van der Waals surface area contributed by atoms with Gasteiger partial charge in [0.15, 0.2) is 29.6 Å². The zero-order valence-corrected chi connectivity index (χ0v) is 22.5. The quantitative estimate of drug-likeness (QED) is 0.133. The number of hydrogen-bond donors (Lipinski definition) is 2. The van der Waals surface area contributed by atoms with Gasteiger partial charge in [-0.25, -0.2) is 5.43 Å². The van der Waals surface area contributed by atoms with E-state index in [9.17, 15) is 9.59 Å². The first kappa shape index (κ1) is 27.5. The van der Waals surface area contributed by atoms with E-state index in [2.05, 4.69) is 45.0 Å². The lowest BCUT2D eigenvalue weighted by Gasteiger charge is -2.13. The van der Waals surface area contributed by atoms with E-state index in [1.807, 2.05) is 18.2 Å². The largest absolute Gasteiger partial charge is 0.493 e. The number of methoxy groups -OCH3 is 2. The summed E-state index contributed by atoms with van der Waals surface area (Å²) in [6.07, 6.45) is 3.10. The van der Waals surface area contributed by atoms with Crippen LogP contribution in [-0.4, -0.2) is 45.5 Å². The van der Waals surface area contributed by atoms with Gasteiger partial charge in [0.25, 0.3) is 11.8 Å². The lowest BCUT2D eigenvalue weighted by atomic mass is 10.2. The molecular weight excluding hydrogens is 589 g/mol. The first-order chi connectivity index (χ1) is 17.9. The second-order valence-corrected chi connectivity index (χ2v) is 8.56. The molecule has 0 heterocycles. The van der Waals surface area contributed by atoms with Crippen molar-refractivity contribution in [3.8, 4) is 23.0 Å². The van der Waals surface area contributed by atoms with Crippen molar-refractivity contribution in [2.75, 3.05) is 32.8 Å². The van der Waals surface area contributed by atoms with Crippen molar-refractivity contribution in [3.05, 3.63) is 88.0 Å². The second kappa shape index (κ2) is 13.9.